The molecule has 0 radical (unpaired) electrons. The first-order chi connectivity index (χ1) is 23.0. The van der Waals surface area contributed by atoms with Gasteiger partial charge in [0, 0.05) is 6.42 Å². The van der Waals surface area contributed by atoms with Crippen molar-refractivity contribution in [1.82, 2.24) is 5.32 Å². The van der Waals surface area contributed by atoms with E-state index in [4.69, 9.17) is 9.05 Å². The summed E-state index contributed by atoms with van der Waals surface area (Å²) in [6.07, 6.45) is 36.1. The molecule has 0 rings (SSSR count). The van der Waals surface area contributed by atoms with Gasteiger partial charge in [-0.15, -0.1) is 0 Å². The number of aliphatic hydroxyl groups excluding tert-OH is 1. The second kappa shape index (κ2) is 31.7. The fourth-order valence-electron chi connectivity index (χ4n) is 5.18. The Balaban J connectivity index is 4.55. The van der Waals surface area contributed by atoms with Crippen LogP contribution in [-0.4, -0.2) is 68.5 Å². The number of unbranched alkanes of at least 4 members (excludes halogenated alkanes) is 17. The Morgan fingerprint density at radius 3 is 1.77 bits per heavy atom. The normalized spacial score (nSPS) is 15.1. The molecule has 0 aromatic rings. The minimum Gasteiger partial charge on any atom is -0.756 e. The third-order valence-electron chi connectivity index (χ3n) is 8.34. The molecule has 0 fully saturated rings. The number of likely N-dealkylation sites (N-methyl/N-ethyl adjacent to an activating group) is 1. The van der Waals surface area contributed by atoms with Crippen molar-refractivity contribution in [3.05, 3.63) is 36.5 Å². The van der Waals surface area contributed by atoms with E-state index in [0.717, 1.165) is 64.2 Å². The molecule has 0 aliphatic rings. The largest absolute Gasteiger partial charge is 0.756 e. The van der Waals surface area contributed by atoms with Crippen LogP contribution >= 0.6 is 7.82 Å². The van der Waals surface area contributed by atoms with Crippen LogP contribution in [-0.2, 0) is 18.4 Å². The Kier molecular flexibility index (Phi) is 30.8. The van der Waals surface area contributed by atoms with Gasteiger partial charge in [-0.3, -0.25) is 9.36 Å². The highest BCUT2D eigenvalue weighted by Crippen LogP contribution is 2.38. The fraction of sp³-hybridized carbons (Fsp3) is 0.821. The van der Waals surface area contributed by atoms with E-state index in [-0.39, 0.29) is 19.1 Å². The van der Waals surface area contributed by atoms with E-state index in [1.807, 2.05) is 27.2 Å². The molecule has 9 heteroatoms. The number of phosphoric acid groups is 1. The van der Waals surface area contributed by atoms with Gasteiger partial charge in [-0.1, -0.05) is 134 Å². The number of carbonyl (C=O) groups excluding carboxylic acids is 1. The van der Waals surface area contributed by atoms with Gasteiger partial charge in [-0.2, -0.15) is 0 Å². The number of hydrogen-bond donors (Lipinski definition) is 2. The molecule has 282 valence electrons. The highest BCUT2D eigenvalue weighted by Gasteiger charge is 2.23. The molecule has 0 bridgehead atoms. The van der Waals surface area contributed by atoms with Gasteiger partial charge in [-0.05, 0) is 51.4 Å². The van der Waals surface area contributed by atoms with Gasteiger partial charge < -0.3 is 28.8 Å². The molecule has 0 saturated carbocycles. The molecule has 0 aromatic carbocycles. The maximum Gasteiger partial charge on any atom is 0.268 e. The van der Waals surface area contributed by atoms with Crippen molar-refractivity contribution in [2.24, 2.45) is 0 Å². The van der Waals surface area contributed by atoms with Crippen LogP contribution < -0.4 is 10.2 Å². The lowest BCUT2D eigenvalue weighted by atomic mass is 10.1. The molecule has 0 saturated heterocycles. The smallest absolute Gasteiger partial charge is 0.268 e. The van der Waals surface area contributed by atoms with E-state index in [1.54, 1.807) is 6.08 Å². The summed E-state index contributed by atoms with van der Waals surface area (Å²) in [6.45, 7) is 4.57. The van der Waals surface area contributed by atoms with Crippen molar-refractivity contribution in [1.29, 1.82) is 0 Å². The number of hydrogen-bond acceptors (Lipinski definition) is 6. The van der Waals surface area contributed by atoms with E-state index in [9.17, 15) is 19.4 Å². The third-order valence-corrected chi connectivity index (χ3v) is 9.31. The molecule has 2 N–H and O–H groups in total. The van der Waals surface area contributed by atoms with Crippen LogP contribution in [0.2, 0.25) is 0 Å². The van der Waals surface area contributed by atoms with E-state index < -0.39 is 20.0 Å². The van der Waals surface area contributed by atoms with E-state index in [0.29, 0.717) is 17.4 Å². The summed E-state index contributed by atoms with van der Waals surface area (Å²) in [5.74, 6) is -0.215. The monoisotopic (exact) mass is 699 g/mol. The maximum absolute atomic E-state index is 12.8. The molecule has 0 spiro atoms. The average molecular weight is 699 g/mol. The first-order valence-electron chi connectivity index (χ1n) is 19.4. The van der Waals surface area contributed by atoms with Crippen molar-refractivity contribution in [3.63, 3.8) is 0 Å². The lowest BCUT2D eigenvalue weighted by Crippen LogP contribution is -2.45. The maximum atomic E-state index is 12.8. The van der Waals surface area contributed by atoms with Gasteiger partial charge in [0.05, 0.1) is 39.9 Å². The summed E-state index contributed by atoms with van der Waals surface area (Å²) in [5.41, 5.74) is 0. The van der Waals surface area contributed by atoms with Crippen molar-refractivity contribution in [3.8, 4) is 0 Å². The minimum absolute atomic E-state index is 0.00464. The van der Waals surface area contributed by atoms with Crippen LogP contribution in [0.1, 0.15) is 155 Å². The van der Waals surface area contributed by atoms with Crippen LogP contribution in [0.4, 0.5) is 0 Å². The zero-order chi connectivity index (χ0) is 35.8. The summed E-state index contributed by atoms with van der Waals surface area (Å²) in [6, 6.07) is -0.890. The van der Waals surface area contributed by atoms with Crippen molar-refractivity contribution in [2.45, 2.75) is 167 Å². The predicted molar refractivity (Wildman–Crippen MR) is 201 cm³/mol. The number of rotatable bonds is 34. The van der Waals surface area contributed by atoms with E-state index in [1.165, 1.54) is 70.6 Å². The molecule has 0 aliphatic carbocycles. The number of nitrogens with zero attached hydrogens (tertiary/aromatic N) is 1. The fourth-order valence-corrected chi connectivity index (χ4v) is 5.90. The Morgan fingerprint density at radius 1 is 0.729 bits per heavy atom. The second-order valence-corrected chi connectivity index (χ2v) is 15.7. The standard InChI is InChI=1S/C39H75N2O6P/c1-6-8-10-12-14-16-18-19-20-21-23-25-27-29-31-33-39(43)40-37(36-47-48(44,45)46-35-34-41(3,4)5)38(42)32-30-28-26-24-22-17-15-13-11-9-7-2/h14,16,19-20,30,32,37-38,42H,6-13,15,17-18,21-29,31,33-36H2,1-5H3,(H-,40,43,44,45)/b16-14-,20-19-,32-30+. The number of aliphatic hydroxyl groups is 1. The van der Waals surface area contributed by atoms with Crippen LogP contribution in [0, 0.1) is 0 Å². The quantitative estimate of drug-likeness (QED) is 0.0300. The number of allylic oxidation sites excluding steroid dienone is 5. The van der Waals surface area contributed by atoms with Crippen LogP contribution in [0.5, 0.6) is 0 Å². The summed E-state index contributed by atoms with van der Waals surface area (Å²) >= 11 is 0. The van der Waals surface area contributed by atoms with Gasteiger partial charge in [0.1, 0.15) is 13.2 Å². The summed E-state index contributed by atoms with van der Waals surface area (Å²) in [7, 11) is 1.24. The Labute approximate surface area is 296 Å². The van der Waals surface area contributed by atoms with Crippen molar-refractivity contribution in [2.75, 3.05) is 40.9 Å². The summed E-state index contributed by atoms with van der Waals surface area (Å²) in [5, 5.41) is 13.7. The Bertz CT molecular complexity index is 886. The molecule has 1 amide bonds. The summed E-state index contributed by atoms with van der Waals surface area (Å²) < 4.78 is 23.1. The van der Waals surface area contributed by atoms with Gasteiger partial charge in [-0.25, -0.2) is 0 Å². The predicted octanol–water partition coefficient (Wildman–Crippen LogP) is 9.33. The minimum atomic E-state index is -4.58. The average Bonchev–Trinajstić information content (AvgIpc) is 3.02. The first-order valence-corrected chi connectivity index (χ1v) is 20.8. The molecule has 0 heterocycles. The number of nitrogens with one attached hydrogen (secondary N) is 1. The molecule has 3 unspecified atom stereocenters. The van der Waals surface area contributed by atoms with Crippen molar-refractivity contribution < 1.29 is 32.9 Å². The van der Waals surface area contributed by atoms with Gasteiger partial charge in [0.15, 0.2) is 0 Å². The number of carbonyl (C=O) groups is 1. The Morgan fingerprint density at radius 2 is 1.21 bits per heavy atom. The molecule has 0 aliphatic heterocycles. The van der Waals surface area contributed by atoms with Crippen LogP contribution in [0.15, 0.2) is 36.5 Å². The van der Waals surface area contributed by atoms with Gasteiger partial charge >= 0.3 is 0 Å². The SMILES string of the molecule is CCCCC/C=C\C/C=C\CCCCCCCC(=O)NC(COP(=O)([O-])OCC[N+](C)(C)C)C(O)/C=C/CCCCCCCCCCC. The van der Waals surface area contributed by atoms with Crippen LogP contribution in [0.3, 0.4) is 0 Å². The molecule has 3 atom stereocenters. The second-order valence-electron chi connectivity index (χ2n) is 14.3. The topological polar surface area (TPSA) is 108 Å². The zero-order valence-corrected chi connectivity index (χ0v) is 32.6. The van der Waals surface area contributed by atoms with Crippen molar-refractivity contribution >= 4 is 13.7 Å². The first kappa shape index (κ1) is 46.7. The van der Waals surface area contributed by atoms with Crippen LogP contribution in [0.25, 0.3) is 0 Å². The van der Waals surface area contributed by atoms with E-state index >= 15 is 0 Å². The Hall–Kier alpha value is -1.28. The third kappa shape index (κ3) is 33.2. The van der Waals surface area contributed by atoms with Gasteiger partial charge in [0.25, 0.3) is 7.82 Å². The number of phosphoric ester groups is 1. The highest BCUT2D eigenvalue weighted by molar-refractivity contribution is 7.45. The molecule has 8 nitrogen and oxygen atoms in total. The number of quaternary nitrogens is 1. The molecule has 0 aromatic heterocycles. The lowest BCUT2D eigenvalue weighted by molar-refractivity contribution is -0.870. The summed E-state index contributed by atoms with van der Waals surface area (Å²) in [4.78, 5) is 25.1. The molecular weight excluding hydrogens is 623 g/mol. The van der Waals surface area contributed by atoms with E-state index in [2.05, 4.69) is 43.5 Å². The number of amides is 1. The lowest BCUT2D eigenvalue weighted by Gasteiger charge is -2.29. The van der Waals surface area contributed by atoms with Gasteiger partial charge in [0.2, 0.25) is 5.91 Å². The highest BCUT2D eigenvalue weighted by atomic mass is 31.2. The molecular formula is C39H75N2O6P. The zero-order valence-electron chi connectivity index (χ0n) is 31.7. The molecule has 48 heavy (non-hydrogen) atoms.